The number of likely N-dealkylation sites (tertiary alicyclic amines) is 1. The van der Waals surface area contributed by atoms with Crippen LogP contribution in [-0.2, 0) is 14.3 Å². The molecule has 1 aromatic rings. The lowest BCUT2D eigenvalue weighted by Crippen LogP contribution is -2.48. The number of para-hydroxylation sites is 1. The summed E-state index contributed by atoms with van der Waals surface area (Å²) in [6, 6.07) is 4.73. The average molecular weight is 386 g/mol. The minimum absolute atomic E-state index is 0.0715. The molecule has 1 fully saturated rings. The second-order valence-corrected chi connectivity index (χ2v) is 5.84. The van der Waals surface area contributed by atoms with Crippen LogP contribution in [0.1, 0.15) is 23.2 Å². The van der Waals surface area contributed by atoms with Gasteiger partial charge < -0.3 is 24.8 Å². The Morgan fingerprint density at radius 3 is 2.67 bits per heavy atom. The Morgan fingerprint density at radius 1 is 1.33 bits per heavy atom. The van der Waals surface area contributed by atoms with Crippen LogP contribution < -0.4 is 10.1 Å². The number of alkyl halides is 2. The van der Waals surface area contributed by atoms with Gasteiger partial charge in [0.25, 0.3) is 5.91 Å². The highest BCUT2D eigenvalue weighted by Gasteiger charge is 2.36. The van der Waals surface area contributed by atoms with E-state index in [1.807, 2.05) is 0 Å². The first kappa shape index (κ1) is 20.6. The van der Waals surface area contributed by atoms with Gasteiger partial charge in [0.1, 0.15) is 11.8 Å². The molecule has 0 aliphatic carbocycles. The van der Waals surface area contributed by atoms with E-state index in [1.54, 1.807) is 0 Å². The Balaban J connectivity index is 2.10. The third-order valence-corrected chi connectivity index (χ3v) is 4.17. The number of aliphatic carboxylic acids is 1. The molecule has 2 N–H and O–H groups in total. The van der Waals surface area contributed by atoms with Gasteiger partial charge in [-0.25, -0.2) is 4.79 Å². The maximum atomic E-state index is 12.8. The topological polar surface area (TPSA) is 105 Å². The van der Waals surface area contributed by atoms with Crippen molar-refractivity contribution in [3.8, 4) is 5.75 Å². The molecule has 1 aliphatic heterocycles. The van der Waals surface area contributed by atoms with E-state index in [0.717, 1.165) is 0 Å². The first-order valence-electron chi connectivity index (χ1n) is 8.23. The minimum Gasteiger partial charge on any atom is -0.479 e. The molecule has 0 bridgehead atoms. The fourth-order valence-corrected chi connectivity index (χ4v) is 2.86. The summed E-state index contributed by atoms with van der Waals surface area (Å²) < 4.78 is 34.2. The largest absolute Gasteiger partial charge is 0.479 e. The highest BCUT2D eigenvalue weighted by Crippen LogP contribution is 2.26. The number of carbonyl (C=O) groups is 3. The summed E-state index contributed by atoms with van der Waals surface area (Å²) in [6.45, 7) is -3.07. The fourth-order valence-electron chi connectivity index (χ4n) is 2.86. The van der Waals surface area contributed by atoms with Crippen molar-refractivity contribution >= 4 is 17.8 Å². The lowest BCUT2D eigenvalue weighted by molar-refractivity contribution is -0.148. The Morgan fingerprint density at radius 2 is 2.04 bits per heavy atom. The third-order valence-electron chi connectivity index (χ3n) is 4.17. The predicted molar refractivity (Wildman–Crippen MR) is 88.6 cm³/mol. The molecule has 0 radical (unpaired) electrons. The van der Waals surface area contributed by atoms with E-state index in [4.69, 9.17) is 9.84 Å². The molecule has 0 spiro atoms. The lowest BCUT2D eigenvalue weighted by atomic mass is 10.1. The van der Waals surface area contributed by atoms with Gasteiger partial charge in [-0.3, -0.25) is 9.59 Å². The molecule has 2 rings (SSSR count). The van der Waals surface area contributed by atoms with E-state index in [2.05, 4.69) is 10.1 Å². The van der Waals surface area contributed by atoms with Crippen LogP contribution in [0.25, 0.3) is 0 Å². The van der Waals surface area contributed by atoms with E-state index >= 15 is 0 Å². The van der Waals surface area contributed by atoms with Gasteiger partial charge in [-0.15, -0.1) is 0 Å². The van der Waals surface area contributed by atoms with Gasteiger partial charge in [-0.05, 0) is 25.0 Å². The smallest absolute Gasteiger partial charge is 0.387 e. The van der Waals surface area contributed by atoms with Crippen LogP contribution in [0.15, 0.2) is 24.3 Å². The number of hydrogen-bond donors (Lipinski definition) is 2. The van der Waals surface area contributed by atoms with Gasteiger partial charge in [0.2, 0.25) is 5.91 Å². The van der Waals surface area contributed by atoms with Crippen LogP contribution in [-0.4, -0.2) is 66.7 Å². The zero-order valence-electron chi connectivity index (χ0n) is 14.6. The van der Waals surface area contributed by atoms with Crippen molar-refractivity contribution in [2.75, 3.05) is 20.2 Å². The summed E-state index contributed by atoms with van der Waals surface area (Å²) in [5.41, 5.74) is -0.0715. The van der Waals surface area contributed by atoms with Crippen molar-refractivity contribution in [1.29, 1.82) is 0 Å². The number of carbonyl (C=O) groups excluding carboxylic acids is 2. The number of benzene rings is 1. The number of rotatable bonds is 8. The second kappa shape index (κ2) is 9.26. The summed E-state index contributed by atoms with van der Waals surface area (Å²) in [7, 11) is 1.20. The van der Waals surface area contributed by atoms with Gasteiger partial charge in [0.15, 0.2) is 6.10 Å². The number of methoxy groups -OCH3 is 1. The highest BCUT2D eigenvalue weighted by molar-refractivity contribution is 6.00. The monoisotopic (exact) mass is 386 g/mol. The summed E-state index contributed by atoms with van der Waals surface area (Å²) >= 11 is 0. The first-order valence-corrected chi connectivity index (χ1v) is 8.23. The van der Waals surface area contributed by atoms with Crippen LogP contribution in [0.2, 0.25) is 0 Å². The standard InChI is InChI=1S/C17H20F2N2O6/c1-26-13(16(24)25)9-20-14(22)11-6-4-8-21(11)15(23)10-5-2-3-7-12(10)27-17(18)19/h2-3,5,7,11,13,17H,4,6,8-9H2,1H3,(H,20,22)(H,24,25). The molecule has 1 aliphatic rings. The van der Waals surface area contributed by atoms with E-state index in [9.17, 15) is 23.2 Å². The third kappa shape index (κ3) is 5.13. The van der Waals surface area contributed by atoms with Crippen LogP contribution >= 0.6 is 0 Å². The predicted octanol–water partition coefficient (Wildman–Crippen LogP) is 1.11. The fraction of sp³-hybridized carbons (Fsp3) is 0.471. The Kier molecular flexibility index (Phi) is 7.05. The molecule has 2 amide bonds. The number of ether oxygens (including phenoxy) is 2. The van der Waals surface area contributed by atoms with E-state index in [1.165, 1.54) is 36.3 Å². The number of halogens is 2. The molecule has 27 heavy (non-hydrogen) atoms. The molecule has 1 heterocycles. The number of nitrogens with zero attached hydrogens (tertiary/aromatic N) is 1. The van der Waals surface area contributed by atoms with Crippen LogP contribution in [0.5, 0.6) is 5.75 Å². The molecule has 1 saturated heterocycles. The molecule has 10 heteroatoms. The average Bonchev–Trinajstić information content (AvgIpc) is 3.11. The number of carboxylic acids is 1. The van der Waals surface area contributed by atoms with Crippen molar-refractivity contribution in [3.05, 3.63) is 29.8 Å². The lowest BCUT2D eigenvalue weighted by Gasteiger charge is -2.25. The molecule has 0 aromatic heterocycles. The number of carboxylic acid groups (broad SMARTS) is 1. The SMILES string of the molecule is COC(CNC(=O)C1CCCN1C(=O)c1ccccc1OC(F)F)C(=O)O. The van der Waals surface area contributed by atoms with Crippen molar-refractivity contribution in [2.24, 2.45) is 0 Å². The Labute approximate surface area is 154 Å². The summed E-state index contributed by atoms with van der Waals surface area (Å²) in [5, 5.41) is 11.4. The number of amides is 2. The van der Waals surface area contributed by atoms with E-state index < -0.39 is 36.5 Å². The number of nitrogens with one attached hydrogen (secondary N) is 1. The van der Waals surface area contributed by atoms with Crippen LogP contribution in [0.4, 0.5) is 8.78 Å². The normalized spacial score (nSPS) is 17.6. The molecule has 148 valence electrons. The van der Waals surface area contributed by atoms with Crippen LogP contribution in [0.3, 0.4) is 0 Å². The van der Waals surface area contributed by atoms with Crippen molar-refractivity contribution < 1.29 is 37.7 Å². The molecular weight excluding hydrogens is 366 g/mol. The van der Waals surface area contributed by atoms with Crippen molar-refractivity contribution in [1.82, 2.24) is 10.2 Å². The van der Waals surface area contributed by atoms with Gasteiger partial charge in [0, 0.05) is 13.7 Å². The molecule has 0 saturated carbocycles. The van der Waals surface area contributed by atoms with E-state index in [-0.39, 0.29) is 24.4 Å². The zero-order chi connectivity index (χ0) is 20.0. The summed E-state index contributed by atoms with van der Waals surface area (Å²) in [4.78, 5) is 37.4. The Hall–Kier alpha value is -2.75. The van der Waals surface area contributed by atoms with Crippen LogP contribution in [0, 0.1) is 0 Å². The molecule has 2 unspecified atom stereocenters. The molecular formula is C17H20F2N2O6. The summed E-state index contributed by atoms with van der Waals surface area (Å²) in [6.07, 6.45) is -0.284. The second-order valence-electron chi connectivity index (χ2n) is 5.84. The first-order chi connectivity index (χ1) is 12.8. The van der Waals surface area contributed by atoms with Gasteiger partial charge in [-0.1, -0.05) is 12.1 Å². The zero-order valence-corrected chi connectivity index (χ0v) is 14.6. The maximum Gasteiger partial charge on any atom is 0.387 e. The number of hydrogen-bond acceptors (Lipinski definition) is 5. The minimum atomic E-state index is -3.08. The van der Waals surface area contributed by atoms with Crippen molar-refractivity contribution in [2.45, 2.75) is 31.6 Å². The maximum absolute atomic E-state index is 12.8. The highest BCUT2D eigenvalue weighted by atomic mass is 19.3. The van der Waals surface area contributed by atoms with Gasteiger partial charge in [-0.2, -0.15) is 8.78 Å². The molecule has 1 aromatic carbocycles. The van der Waals surface area contributed by atoms with Crippen molar-refractivity contribution in [3.63, 3.8) is 0 Å². The molecule has 2 atom stereocenters. The van der Waals surface area contributed by atoms with Gasteiger partial charge in [0.05, 0.1) is 12.1 Å². The summed E-state index contributed by atoms with van der Waals surface area (Å²) in [5.74, 6) is -2.63. The quantitative estimate of drug-likeness (QED) is 0.694. The molecule has 8 nitrogen and oxygen atoms in total. The Bertz CT molecular complexity index is 700. The van der Waals surface area contributed by atoms with E-state index in [0.29, 0.717) is 12.8 Å². The van der Waals surface area contributed by atoms with Gasteiger partial charge >= 0.3 is 12.6 Å².